The SMILES string of the molecule is Cn1ccc(C(=O)N[C@@H](CO)C(=O)O)n1. The summed E-state index contributed by atoms with van der Waals surface area (Å²) in [4.78, 5) is 21.9. The van der Waals surface area contributed by atoms with Gasteiger partial charge in [0.2, 0.25) is 0 Å². The number of carbonyl (C=O) groups excluding carboxylic acids is 1. The maximum absolute atomic E-state index is 11.4. The lowest BCUT2D eigenvalue weighted by molar-refractivity contribution is -0.140. The number of carboxylic acids is 1. The number of aromatic nitrogens is 2. The molecule has 0 aliphatic heterocycles. The van der Waals surface area contributed by atoms with Crippen molar-refractivity contribution in [2.45, 2.75) is 6.04 Å². The number of aliphatic hydroxyl groups excluding tert-OH is 1. The van der Waals surface area contributed by atoms with Crippen LogP contribution in [0.4, 0.5) is 0 Å². The van der Waals surface area contributed by atoms with Crippen LogP contribution in [-0.2, 0) is 11.8 Å². The highest BCUT2D eigenvalue weighted by Gasteiger charge is 2.20. The first kappa shape index (κ1) is 11.2. The average Bonchev–Trinajstić information content (AvgIpc) is 2.60. The number of amides is 1. The van der Waals surface area contributed by atoms with E-state index in [1.165, 1.54) is 10.7 Å². The van der Waals surface area contributed by atoms with Gasteiger partial charge in [-0.15, -0.1) is 0 Å². The zero-order chi connectivity index (χ0) is 11.4. The Bertz CT molecular complexity index is 374. The van der Waals surface area contributed by atoms with Crippen molar-refractivity contribution < 1.29 is 19.8 Å². The van der Waals surface area contributed by atoms with Crippen molar-refractivity contribution >= 4 is 11.9 Å². The zero-order valence-corrected chi connectivity index (χ0v) is 8.04. The number of aliphatic carboxylic acids is 1. The van der Waals surface area contributed by atoms with Crippen LogP contribution in [0.25, 0.3) is 0 Å². The van der Waals surface area contributed by atoms with E-state index >= 15 is 0 Å². The number of hydrogen-bond acceptors (Lipinski definition) is 4. The second kappa shape index (κ2) is 4.56. The van der Waals surface area contributed by atoms with E-state index < -0.39 is 24.5 Å². The smallest absolute Gasteiger partial charge is 0.328 e. The number of aliphatic hydroxyl groups is 1. The molecule has 1 aromatic heterocycles. The van der Waals surface area contributed by atoms with Crippen LogP contribution in [0.3, 0.4) is 0 Å². The van der Waals surface area contributed by atoms with Gasteiger partial charge in [0.05, 0.1) is 6.61 Å². The number of aryl methyl sites for hydroxylation is 1. The number of nitrogens with one attached hydrogen (secondary N) is 1. The molecule has 0 aromatic carbocycles. The highest BCUT2D eigenvalue weighted by Crippen LogP contribution is 1.95. The van der Waals surface area contributed by atoms with Gasteiger partial charge in [-0.05, 0) is 6.07 Å². The van der Waals surface area contributed by atoms with E-state index in [2.05, 4.69) is 10.4 Å². The Kier molecular flexibility index (Phi) is 3.40. The van der Waals surface area contributed by atoms with Gasteiger partial charge in [-0.3, -0.25) is 9.48 Å². The standard InChI is InChI=1S/C8H11N3O4/c1-11-3-2-5(10-11)7(13)9-6(4-12)8(14)15/h2-3,6,12H,4H2,1H3,(H,9,13)(H,14,15)/t6-/m0/s1. The maximum atomic E-state index is 11.4. The number of rotatable bonds is 4. The third-order valence-electron chi connectivity index (χ3n) is 1.73. The van der Waals surface area contributed by atoms with E-state index in [-0.39, 0.29) is 5.69 Å². The summed E-state index contributed by atoms with van der Waals surface area (Å²) in [5.41, 5.74) is 0.109. The van der Waals surface area contributed by atoms with Gasteiger partial charge < -0.3 is 15.5 Å². The van der Waals surface area contributed by atoms with E-state index in [4.69, 9.17) is 10.2 Å². The number of carboxylic acid groups (broad SMARTS) is 1. The lowest BCUT2D eigenvalue weighted by Crippen LogP contribution is -2.43. The highest BCUT2D eigenvalue weighted by molar-refractivity contribution is 5.94. The molecule has 1 rings (SSSR count). The Morgan fingerprint density at radius 2 is 2.33 bits per heavy atom. The minimum absolute atomic E-state index is 0.109. The first-order chi connectivity index (χ1) is 7.04. The lowest BCUT2D eigenvalue weighted by atomic mass is 10.3. The van der Waals surface area contributed by atoms with Gasteiger partial charge in [-0.2, -0.15) is 5.10 Å². The predicted octanol–water partition coefficient (Wildman–Crippen LogP) is -1.40. The van der Waals surface area contributed by atoms with Crippen LogP contribution >= 0.6 is 0 Å². The van der Waals surface area contributed by atoms with Gasteiger partial charge in [0.25, 0.3) is 5.91 Å². The molecule has 3 N–H and O–H groups in total. The largest absolute Gasteiger partial charge is 0.480 e. The van der Waals surface area contributed by atoms with E-state index in [0.29, 0.717) is 0 Å². The molecule has 0 unspecified atom stereocenters. The molecule has 7 heteroatoms. The number of nitrogens with zero attached hydrogens (tertiary/aromatic N) is 2. The third-order valence-corrected chi connectivity index (χ3v) is 1.73. The fourth-order valence-electron chi connectivity index (χ4n) is 0.954. The highest BCUT2D eigenvalue weighted by atomic mass is 16.4. The van der Waals surface area contributed by atoms with Gasteiger partial charge in [-0.1, -0.05) is 0 Å². The molecule has 82 valence electrons. The zero-order valence-electron chi connectivity index (χ0n) is 8.04. The van der Waals surface area contributed by atoms with Crippen molar-refractivity contribution in [2.75, 3.05) is 6.61 Å². The average molecular weight is 213 g/mol. The van der Waals surface area contributed by atoms with Crippen LogP contribution < -0.4 is 5.32 Å². The summed E-state index contributed by atoms with van der Waals surface area (Å²) >= 11 is 0. The Morgan fingerprint density at radius 1 is 1.67 bits per heavy atom. The molecular weight excluding hydrogens is 202 g/mol. The summed E-state index contributed by atoms with van der Waals surface area (Å²) < 4.78 is 1.42. The molecule has 0 bridgehead atoms. The van der Waals surface area contributed by atoms with Gasteiger partial charge >= 0.3 is 5.97 Å². The molecule has 15 heavy (non-hydrogen) atoms. The molecule has 0 fully saturated rings. The topological polar surface area (TPSA) is 104 Å². The fourth-order valence-corrected chi connectivity index (χ4v) is 0.954. The summed E-state index contributed by atoms with van der Waals surface area (Å²) in [6, 6.07) is 0.144. The Balaban J connectivity index is 2.66. The van der Waals surface area contributed by atoms with Crippen LogP contribution in [-0.4, -0.2) is 44.5 Å². The van der Waals surface area contributed by atoms with Crippen molar-refractivity contribution in [2.24, 2.45) is 7.05 Å². The molecular formula is C8H11N3O4. The van der Waals surface area contributed by atoms with Crippen molar-refractivity contribution in [1.29, 1.82) is 0 Å². The molecule has 0 aliphatic rings. The van der Waals surface area contributed by atoms with Crippen LogP contribution in [0.5, 0.6) is 0 Å². The first-order valence-electron chi connectivity index (χ1n) is 4.18. The van der Waals surface area contributed by atoms with Crippen LogP contribution in [0.2, 0.25) is 0 Å². The number of hydrogen-bond donors (Lipinski definition) is 3. The maximum Gasteiger partial charge on any atom is 0.328 e. The van der Waals surface area contributed by atoms with Crippen LogP contribution in [0, 0.1) is 0 Å². The van der Waals surface area contributed by atoms with Crippen molar-refractivity contribution in [1.82, 2.24) is 15.1 Å². The van der Waals surface area contributed by atoms with E-state index in [0.717, 1.165) is 0 Å². The van der Waals surface area contributed by atoms with Crippen LogP contribution in [0.1, 0.15) is 10.5 Å². The van der Waals surface area contributed by atoms with Gasteiger partial charge in [0, 0.05) is 13.2 Å². The molecule has 7 nitrogen and oxygen atoms in total. The summed E-state index contributed by atoms with van der Waals surface area (Å²) in [7, 11) is 1.64. The van der Waals surface area contributed by atoms with E-state index in [1.54, 1.807) is 13.2 Å². The molecule has 0 radical (unpaired) electrons. The molecule has 1 heterocycles. The van der Waals surface area contributed by atoms with Crippen molar-refractivity contribution in [3.05, 3.63) is 18.0 Å². The van der Waals surface area contributed by atoms with Crippen molar-refractivity contribution in [3.8, 4) is 0 Å². The second-order valence-electron chi connectivity index (χ2n) is 2.92. The number of carbonyl (C=O) groups is 2. The second-order valence-corrected chi connectivity index (χ2v) is 2.92. The summed E-state index contributed by atoms with van der Waals surface area (Å²) in [6.45, 7) is -0.659. The monoisotopic (exact) mass is 213 g/mol. The van der Waals surface area contributed by atoms with Gasteiger partial charge in [0.1, 0.15) is 5.69 Å². The molecule has 1 amide bonds. The molecule has 0 saturated carbocycles. The Hall–Kier alpha value is -1.89. The summed E-state index contributed by atoms with van der Waals surface area (Å²) in [5.74, 6) is -1.92. The molecule has 1 atom stereocenters. The normalized spacial score (nSPS) is 12.1. The fraction of sp³-hybridized carbons (Fsp3) is 0.375. The predicted molar refractivity (Wildman–Crippen MR) is 49.2 cm³/mol. The molecule has 0 spiro atoms. The van der Waals surface area contributed by atoms with E-state index in [1.807, 2.05) is 0 Å². The summed E-state index contributed by atoms with van der Waals surface area (Å²) in [5, 5.41) is 23.2. The Labute approximate surface area is 85.3 Å². The van der Waals surface area contributed by atoms with Gasteiger partial charge in [-0.25, -0.2) is 4.79 Å². The quantitative estimate of drug-likeness (QED) is 0.570. The molecule has 0 saturated heterocycles. The van der Waals surface area contributed by atoms with Crippen molar-refractivity contribution in [3.63, 3.8) is 0 Å². The van der Waals surface area contributed by atoms with E-state index in [9.17, 15) is 9.59 Å². The lowest BCUT2D eigenvalue weighted by Gasteiger charge is -2.09. The minimum atomic E-state index is -1.31. The van der Waals surface area contributed by atoms with Gasteiger partial charge in [0.15, 0.2) is 6.04 Å². The molecule has 1 aromatic rings. The molecule has 0 aliphatic carbocycles. The van der Waals surface area contributed by atoms with Crippen LogP contribution in [0.15, 0.2) is 12.3 Å². The first-order valence-corrected chi connectivity index (χ1v) is 4.18. The third kappa shape index (κ3) is 2.78. The Morgan fingerprint density at radius 3 is 2.73 bits per heavy atom. The minimum Gasteiger partial charge on any atom is -0.480 e. The summed E-state index contributed by atoms with van der Waals surface area (Å²) in [6.07, 6.45) is 1.56.